The van der Waals surface area contributed by atoms with Gasteiger partial charge in [0.1, 0.15) is 5.75 Å². The smallest absolute Gasteiger partial charge is 0.153 e. The maximum atomic E-state index is 6.02. The summed E-state index contributed by atoms with van der Waals surface area (Å²) in [5, 5.41) is 7.80. The van der Waals surface area contributed by atoms with Crippen molar-refractivity contribution in [1.29, 1.82) is 0 Å². The zero-order valence-corrected chi connectivity index (χ0v) is 12.2. The zero-order valence-electron chi connectivity index (χ0n) is 11.4. The molecule has 21 heavy (non-hydrogen) atoms. The van der Waals surface area contributed by atoms with E-state index in [1.807, 2.05) is 48.5 Å². The van der Waals surface area contributed by atoms with Crippen molar-refractivity contribution in [3.63, 3.8) is 0 Å². The lowest BCUT2D eigenvalue weighted by Gasteiger charge is -2.09. The molecule has 106 valence electrons. The fourth-order valence-corrected chi connectivity index (χ4v) is 2.44. The average Bonchev–Trinajstić information content (AvgIpc) is 2.90. The van der Waals surface area contributed by atoms with Crippen molar-refractivity contribution >= 4 is 17.4 Å². The molecule has 0 spiro atoms. The van der Waals surface area contributed by atoms with Gasteiger partial charge in [0.2, 0.25) is 0 Å². The molecule has 0 atom stereocenters. The van der Waals surface area contributed by atoms with Crippen molar-refractivity contribution in [2.45, 2.75) is 0 Å². The molecule has 1 heterocycles. The van der Waals surface area contributed by atoms with Gasteiger partial charge < -0.3 is 10.5 Å². The Bertz CT molecular complexity index is 765. The highest BCUT2D eigenvalue weighted by Gasteiger charge is 2.17. The van der Waals surface area contributed by atoms with Crippen LogP contribution < -0.4 is 10.5 Å². The normalized spacial score (nSPS) is 10.6. The van der Waals surface area contributed by atoms with Gasteiger partial charge in [0.05, 0.1) is 18.4 Å². The van der Waals surface area contributed by atoms with Crippen LogP contribution in [-0.4, -0.2) is 17.3 Å². The molecule has 5 heteroatoms. The van der Waals surface area contributed by atoms with E-state index < -0.39 is 0 Å². The predicted octanol–water partition coefficient (Wildman–Crippen LogP) is 3.99. The summed E-state index contributed by atoms with van der Waals surface area (Å²) < 4.78 is 5.41. The standard InChI is InChI=1S/C16H14ClN3O/c1-21-13-5-3-2-4-12(13)15-14(16(18)20-19-15)10-6-8-11(17)9-7-10/h2-9H,1H3,(H3,18,19,20). The van der Waals surface area contributed by atoms with E-state index in [4.69, 9.17) is 22.1 Å². The van der Waals surface area contributed by atoms with Crippen LogP contribution >= 0.6 is 11.6 Å². The number of para-hydroxylation sites is 1. The molecule has 0 saturated carbocycles. The molecule has 4 nitrogen and oxygen atoms in total. The van der Waals surface area contributed by atoms with Crippen LogP contribution in [0.3, 0.4) is 0 Å². The number of anilines is 1. The highest BCUT2D eigenvalue weighted by Crippen LogP contribution is 2.38. The number of rotatable bonds is 3. The number of nitrogens with one attached hydrogen (secondary N) is 1. The summed E-state index contributed by atoms with van der Waals surface area (Å²) >= 11 is 5.94. The summed E-state index contributed by atoms with van der Waals surface area (Å²) in [5.74, 6) is 1.20. The van der Waals surface area contributed by atoms with Gasteiger partial charge in [-0.3, -0.25) is 5.10 Å². The first-order valence-electron chi connectivity index (χ1n) is 6.44. The second kappa shape index (κ2) is 5.50. The Kier molecular flexibility index (Phi) is 3.54. The fourth-order valence-electron chi connectivity index (χ4n) is 2.31. The molecule has 2 aromatic carbocycles. The van der Waals surface area contributed by atoms with Gasteiger partial charge in [-0.2, -0.15) is 5.10 Å². The Hall–Kier alpha value is -2.46. The number of benzene rings is 2. The molecule has 0 saturated heterocycles. The van der Waals surface area contributed by atoms with Gasteiger partial charge in [-0.05, 0) is 29.8 Å². The van der Waals surface area contributed by atoms with Crippen molar-refractivity contribution in [3.05, 3.63) is 53.6 Å². The number of hydrogen-bond donors (Lipinski definition) is 2. The minimum atomic E-state index is 0.443. The van der Waals surface area contributed by atoms with Gasteiger partial charge in [0, 0.05) is 10.6 Å². The second-order valence-corrected chi connectivity index (χ2v) is 5.00. The van der Waals surface area contributed by atoms with Gasteiger partial charge in [0.15, 0.2) is 5.82 Å². The summed E-state index contributed by atoms with van der Waals surface area (Å²) in [6, 6.07) is 15.2. The number of nitrogens with two attached hydrogens (primary N) is 1. The van der Waals surface area contributed by atoms with Crippen LogP contribution in [0.1, 0.15) is 0 Å². The molecule has 3 N–H and O–H groups in total. The third-order valence-corrected chi connectivity index (χ3v) is 3.56. The quantitative estimate of drug-likeness (QED) is 0.768. The molecule has 0 fully saturated rings. The zero-order chi connectivity index (χ0) is 14.8. The summed E-state index contributed by atoms with van der Waals surface area (Å²) in [4.78, 5) is 0. The van der Waals surface area contributed by atoms with Crippen LogP contribution in [0.5, 0.6) is 5.75 Å². The molecule has 0 aliphatic carbocycles. The van der Waals surface area contributed by atoms with E-state index in [0.29, 0.717) is 10.8 Å². The van der Waals surface area contributed by atoms with Crippen molar-refractivity contribution < 1.29 is 4.74 Å². The van der Waals surface area contributed by atoms with Crippen LogP contribution in [-0.2, 0) is 0 Å². The van der Waals surface area contributed by atoms with Crippen molar-refractivity contribution in [2.24, 2.45) is 0 Å². The molecule has 0 aliphatic rings. The van der Waals surface area contributed by atoms with Gasteiger partial charge >= 0.3 is 0 Å². The SMILES string of the molecule is COc1ccccc1-c1[nH]nc(N)c1-c1ccc(Cl)cc1. The average molecular weight is 300 g/mol. The molecule has 0 unspecified atom stereocenters. The van der Waals surface area contributed by atoms with Crippen molar-refractivity contribution in [2.75, 3.05) is 12.8 Å². The first kappa shape index (κ1) is 13.5. The van der Waals surface area contributed by atoms with Gasteiger partial charge in [-0.1, -0.05) is 35.9 Å². The highest BCUT2D eigenvalue weighted by molar-refractivity contribution is 6.30. The predicted molar refractivity (Wildman–Crippen MR) is 85.4 cm³/mol. The topological polar surface area (TPSA) is 63.9 Å². The van der Waals surface area contributed by atoms with Crippen LogP contribution in [0.15, 0.2) is 48.5 Å². The fraction of sp³-hybridized carbons (Fsp3) is 0.0625. The summed E-state index contributed by atoms with van der Waals surface area (Å²) in [5.41, 5.74) is 9.56. The first-order valence-corrected chi connectivity index (χ1v) is 6.81. The maximum absolute atomic E-state index is 6.02. The van der Waals surface area contributed by atoms with Crippen LogP contribution in [0.2, 0.25) is 5.02 Å². The molecular weight excluding hydrogens is 286 g/mol. The van der Waals surface area contributed by atoms with Crippen LogP contribution in [0.4, 0.5) is 5.82 Å². The molecule has 3 aromatic rings. The monoisotopic (exact) mass is 299 g/mol. The first-order chi connectivity index (χ1) is 10.2. The number of H-pyrrole nitrogens is 1. The van der Waals surface area contributed by atoms with E-state index in [1.165, 1.54) is 0 Å². The Balaban J connectivity index is 2.19. The number of methoxy groups -OCH3 is 1. The number of aromatic amines is 1. The van der Waals surface area contributed by atoms with Crippen LogP contribution in [0, 0.1) is 0 Å². The van der Waals surface area contributed by atoms with E-state index in [-0.39, 0.29) is 0 Å². The minimum absolute atomic E-state index is 0.443. The van der Waals surface area contributed by atoms with Crippen LogP contribution in [0.25, 0.3) is 22.4 Å². The molecule has 1 aromatic heterocycles. The third-order valence-electron chi connectivity index (χ3n) is 3.30. The second-order valence-electron chi connectivity index (χ2n) is 4.57. The molecule has 0 amide bonds. The Morgan fingerprint density at radius 2 is 1.81 bits per heavy atom. The number of ether oxygens (including phenoxy) is 1. The van der Waals surface area contributed by atoms with E-state index in [0.717, 1.165) is 28.1 Å². The van der Waals surface area contributed by atoms with Gasteiger partial charge in [0.25, 0.3) is 0 Å². The lowest BCUT2D eigenvalue weighted by atomic mass is 10.0. The highest BCUT2D eigenvalue weighted by atomic mass is 35.5. The van der Waals surface area contributed by atoms with E-state index in [9.17, 15) is 0 Å². The number of halogens is 1. The van der Waals surface area contributed by atoms with E-state index in [1.54, 1.807) is 7.11 Å². The number of nitrogen functional groups attached to an aromatic ring is 1. The molecule has 0 bridgehead atoms. The van der Waals surface area contributed by atoms with Gasteiger partial charge in [-0.15, -0.1) is 0 Å². The summed E-state index contributed by atoms with van der Waals surface area (Å²) in [6.45, 7) is 0. The van der Waals surface area contributed by atoms with Gasteiger partial charge in [-0.25, -0.2) is 0 Å². The molecule has 0 aliphatic heterocycles. The molecule has 0 radical (unpaired) electrons. The largest absolute Gasteiger partial charge is 0.496 e. The summed E-state index contributed by atoms with van der Waals surface area (Å²) in [7, 11) is 1.64. The van der Waals surface area contributed by atoms with E-state index >= 15 is 0 Å². The minimum Gasteiger partial charge on any atom is -0.496 e. The molecule has 3 rings (SSSR count). The third kappa shape index (κ3) is 2.45. The lowest BCUT2D eigenvalue weighted by Crippen LogP contribution is -1.91. The number of nitrogens with zero attached hydrogens (tertiary/aromatic N) is 1. The van der Waals surface area contributed by atoms with E-state index in [2.05, 4.69) is 10.2 Å². The maximum Gasteiger partial charge on any atom is 0.153 e. The van der Waals surface area contributed by atoms with Crippen molar-refractivity contribution in [1.82, 2.24) is 10.2 Å². The lowest BCUT2D eigenvalue weighted by molar-refractivity contribution is 0.416. The number of hydrogen-bond acceptors (Lipinski definition) is 3. The molecular formula is C16H14ClN3O. The Labute approximate surface area is 127 Å². The van der Waals surface area contributed by atoms with Crippen molar-refractivity contribution in [3.8, 4) is 28.1 Å². The number of aromatic nitrogens is 2. The summed E-state index contributed by atoms with van der Waals surface area (Å²) in [6.07, 6.45) is 0. The Morgan fingerprint density at radius 1 is 1.10 bits per heavy atom. The Morgan fingerprint density at radius 3 is 2.52 bits per heavy atom.